The van der Waals surface area contributed by atoms with Gasteiger partial charge in [-0.15, -0.1) is 0 Å². The quantitative estimate of drug-likeness (QED) is 0.774. The lowest BCUT2D eigenvalue weighted by atomic mass is 10.1. The Bertz CT molecular complexity index is 522. The van der Waals surface area contributed by atoms with E-state index in [2.05, 4.69) is 4.98 Å². The van der Waals surface area contributed by atoms with Gasteiger partial charge in [-0.1, -0.05) is 18.2 Å². The second kappa shape index (κ2) is 3.67. The van der Waals surface area contributed by atoms with Gasteiger partial charge in [0.2, 0.25) is 0 Å². The van der Waals surface area contributed by atoms with Crippen molar-refractivity contribution in [2.24, 2.45) is 0 Å². The van der Waals surface area contributed by atoms with Crippen LogP contribution >= 0.6 is 0 Å². The van der Waals surface area contributed by atoms with Gasteiger partial charge in [-0.25, -0.2) is 9.78 Å². The van der Waals surface area contributed by atoms with Gasteiger partial charge in [0.15, 0.2) is 5.69 Å². The molecule has 0 atom stereocenters. The van der Waals surface area contributed by atoms with E-state index in [1.807, 2.05) is 12.1 Å². The molecule has 1 aromatic heterocycles. The van der Waals surface area contributed by atoms with Crippen LogP contribution in [0.4, 0.5) is 0 Å². The number of hydrogen-bond donors (Lipinski definition) is 2. The largest absolute Gasteiger partial charge is 0.477 e. The third-order valence-electron chi connectivity index (χ3n) is 2.18. The van der Waals surface area contributed by atoms with Gasteiger partial charge < -0.3 is 10.2 Å². The summed E-state index contributed by atoms with van der Waals surface area (Å²) in [5.41, 5.74) is 0.865. The predicted molar refractivity (Wildman–Crippen MR) is 54.6 cm³/mol. The zero-order valence-electron chi connectivity index (χ0n) is 7.84. The Morgan fingerprint density at radius 1 is 1.33 bits per heavy atom. The van der Waals surface area contributed by atoms with Crippen LogP contribution in [-0.4, -0.2) is 21.2 Å². The van der Waals surface area contributed by atoms with Crippen molar-refractivity contribution in [3.05, 3.63) is 41.6 Å². The summed E-state index contributed by atoms with van der Waals surface area (Å²) in [4.78, 5) is 14.8. The van der Waals surface area contributed by atoms with E-state index >= 15 is 0 Å². The molecule has 76 valence electrons. The zero-order valence-corrected chi connectivity index (χ0v) is 7.84. The lowest BCUT2D eigenvalue weighted by molar-refractivity contribution is 0.0687. The molecule has 1 aromatic carbocycles. The van der Waals surface area contributed by atoms with Gasteiger partial charge in [0, 0.05) is 10.9 Å². The van der Waals surface area contributed by atoms with Crippen molar-refractivity contribution in [1.29, 1.82) is 0 Å². The van der Waals surface area contributed by atoms with Gasteiger partial charge in [-0.05, 0) is 12.1 Å². The minimum absolute atomic E-state index is 0.0869. The maximum Gasteiger partial charge on any atom is 0.354 e. The normalized spacial score (nSPS) is 10.5. The maximum atomic E-state index is 10.9. The number of nitrogens with zero attached hydrogens (tertiary/aromatic N) is 1. The lowest BCUT2D eigenvalue weighted by Gasteiger charge is -2.04. The molecule has 0 bridgehead atoms. The molecular weight excluding hydrogens is 194 g/mol. The molecule has 0 aliphatic heterocycles. The summed E-state index contributed by atoms with van der Waals surface area (Å²) in [5, 5.41) is 18.7. The summed E-state index contributed by atoms with van der Waals surface area (Å²) < 4.78 is 0. The Morgan fingerprint density at radius 3 is 2.73 bits per heavy atom. The Balaban J connectivity index is 2.74. The van der Waals surface area contributed by atoms with Crippen molar-refractivity contribution in [3.8, 4) is 0 Å². The molecule has 0 saturated carbocycles. The van der Waals surface area contributed by atoms with Crippen LogP contribution in [0.5, 0.6) is 0 Å². The average Bonchev–Trinajstić information content (AvgIpc) is 2.27. The van der Waals surface area contributed by atoms with Crippen LogP contribution in [0, 0.1) is 0 Å². The number of hydrogen-bond acceptors (Lipinski definition) is 3. The Labute approximate surface area is 85.8 Å². The highest BCUT2D eigenvalue weighted by Crippen LogP contribution is 2.16. The van der Waals surface area contributed by atoms with E-state index in [1.165, 1.54) is 0 Å². The number of rotatable bonds is 2. The number of fused-ring (bicyclic) bond motifs is 1. The number of aliphatic hydroxyl groups excluding tert-OH is 1. The van der Waals surface area contributed by atoms with Gasteiger partial charge in [0.05, 0.1) is 12.1 Å². The molecule has 4 nitrogen and oxygen atoms in total. The second-order valence-corrected chi connectivity index (χ2v) is 3.15. The molecule has 0 unspecified atom stereocenters. The number of aromatic nitrogens is 1. The second-order valence-electron chi connectivity index (χ2n) is 3.15. The molecule has 2 aromatic rings. The first kappa shape index (κ1) is 9.61. The number of pyridine rings is 1. The minimum atomic E-state index is -1.12. The highest BCUT2D eigenvalue weighted by molar-refractivity contribution is 5.91. The number of aliphatic hydroxyl groups is 1. The molecule has 1 heterocycles. The number of carboxylic acids is 1. The molecule has 2 N–H and O–H groups in total. The first-order chi connectivity index (χ1) is 7.22. The number of para-hydroxylation sites is 1. The third-order valence-corrected chi connectivity index (χ3v) is 2.18. The van der Waals surface area contributed by atoms with Gasteiger partial charge in [0.25, 0.3) is 0 Å². The topological polar surface area (TPSA) is 70.4 Å². The summed E-state index contributed by atoms with van der Waals surface area (Å²) in [6.07, 6.45) is 0. The molecule has 0 aliphatic carbocycles. The minimum Gasteiger partial charge on any atom is -0.477 e. The Hall–Kier alpha value is -1.94. The van der Waals surface area contributed by atoms with Gasteiger partial charge in [-0.2, -0.15) is 0 Å². The highest BCUT2D eigenvalue weighted by Gasteiger charge is 2.12. The average molecular weight is 203 g/mol. The number of carbonyl (C=O) groups is 1. The highest BCUT2D eigenvalue weighted by atomic mass is 16.4. The van der Waals surface area contributed by atoms with Crippen LogP contribution in [0.3, 0.4) is 0 Å². The van der Waals surface area contributed by atoms with Crippen LogP contribution in [0.2, 0.25) is 0 Å². The lowest BCUT2D eigenvalue weighted by Crippen LogP contribution is -2.06. The molecular formula is C11H9NO3. The molecule has 4 heteroatoms. The number of aromatic carboxylic acids is 1. The van der Waals surface area contributed by atoms with Crippen molar-refractivity contribution < 1.29 is 15.0 Å². The first-order valence-electron chi connectivity index (χ1n) is 4.45. The van der Waals surface area contributed by atoms with E-state index in [0.717, 1.165) is 5.39 Å². The van der Waals surface area contributed by atoms with Crippen LogP contribution in [-0.2, 0) is 6.61 Å². The summed E-state index contributed by atoms with van der Waals surface area (Å²) in [5.74, 6) is -1.12. The van der Waals surface area contributed by atoms with E-state index in [1.54, 1.807) is 18.2 Å². The Morgan fingerprint density at radius 2 is 2.07 bits per heavy atom. The van der Waals surface area contributed by atoms with E-state index in [0.29, 0.717) is 11.1 Å². The standard InChI is InChI=1S/C11H9NO3/c13-6-8-5-7-3-1-2-4-9(7)12-10(8)11(14)15/h1-5,13H,6H2,(H,14,15). The van der Waals surface area contributed by atoms with E-state index in [9.17, 15) is 4.79 Å². The molecule has 0 saturated heterocycles. The van der Waals surface area contributed by atoms with E-state index in [4.69, 9.17) is 10.2 Å². The van der Waals surface area contributed by atoms with Crippen molar-refractivity contribution in [1.82, 2.24) is 4.98 Å². The molecule has 15 heavy (non-hydrogen) atoms. The summed E-state index contributed by atoms with van der Waals surface area (Å²) in [7, 11) is 0. The molecule has 2 rings (SSSR count). The first-order valence-corrected chi connectivity index (χ1v) is 4.45. The fourth-order valence-electron chi connectivity index (χ4n) is 1.47. The SMILES string of the molecule is O=C(O)c1nc2ccccc2cc1CO. The van der Waals surface area contributed by atoms with Crippen molar-refractivity contribution in [3.63, 3.8) is 0 Å². The number of carboxylic acid groups (broad SMARTS) is 1. The van der Waals surface area contributed by atoms with Gasteiger partial charge in [-0.3, -0.25) is 0 Å². The van der Waals surface area contributed by atoms with E-state index in [-0.39, 0.29) is 12.3 Å². The number of benzene rings is 1. The third kappa shape index (κ3) is 1.67. The molecule has 0 spiro atoms. The van der Waals surface area contributed by atoms with Gasteiger partial charge in [0.1, 0.15) is 0 Å². The molecule has 0 fully saturated rings. The van der Waals surface area contributed by atoms with Gasteiger partial charge >= 0.3 is 5.97 Å². The molecule has 0 amide bonds. The fourth-order valence-corrected chi connectivity index (χ4v) is 1.47. The smallest absolute Gasteiger partial charge is 0.354 e. The zero-order chi connectivity index (χ0) is 10.8. The van der Waals surface area contributed by atoms with E-state index < -0.39 is 5.97 Å². The predicted octanol–water partition coefficient (Wildman–Crippen LogP) is 1.43. The fraction of sp³-hybridized carbons (Fsp3) is 0.0909. The van der Waals surface area contributed by atoms with Crippen molar-refractivity contribution >= 4 is 16.9 Å². The Kier molecular flexibility index (Phi) is 2.35. The molecule has 0 radical (unpaired) electrons. The van der Waals surface area contributed by atoms with Crippen molar-refractivity contribution in [2.45, 2.75) is 6.61 Å². The van der Waals surface area contributed by atoms with Crippen molar-refractivity contribution in [2.75, 3.05) is 0 Å². The monoisotopic (exact) mass is 203 g/mol. The van der Waals surface area contributed by atoms with Crippen LogP contribution < -0.4 is 0 Å². The maximum absolute atomic E-state index is 10.9. The summed E-state index contributed by atoms with van der Waals surface area (Å²) in [6, 6.07) is 8.84. The summed E-state index contributed by atoms with van der Waals surface area (Å²) in [6.45, 7) is -0.320. The van der Waals surface area contributed by atoms with Crippen LogP contribution in [0.15, 0.2) is 30.3 Å². The molecule has 0 aliphatic rings. The van der Waals surface area contributed by atoms with Crippen LogP contribution in [0.1, 0.15) is 16.1 Å². The van der Waals surface area contributed by atoms with Crippen LogP contribution in [0.25, 0.3) is 10.9 Å². The summed E-state index contributed by atoms with van der Waals surface area (Å²) >= 11 is 0.